The molecule has 0 atom stereocenters. The van der Waals surface area contributed by atoms with Crippen LogP contribution in [0.25, 0.3) is 10.9 Å². The van der Waals surface area contributed by atoms with Crippen molar-refractivity contribution in [3.8, 4) is 0 Å². The van der Waals surface area contributed by atoms with Crippen LogP contribution in [0.5, 0.6) is 0 Å². The van der Waals surface area contributed by atoms with E-state index in [4.69, 9.17) is 0 Å². The minimum atomic E-state index is -0.675. The number of halogens is 2. The smallest absolute Gasteiger partial charge is 0.154 e. The lowest BCUT2D eigenvalue weighted by Crippen LogP contribution is -1.91. The average Bonchev–Trinajstić information content (AvgIpc) is 2.23. The molecule has 1 aromatic carbocycles. The third kappa shape index (κ3) is 2.26. The van der Waals surface area contributed by atoms with Crippen LogP contribution in [-0.4, -0.2) is 10.2 Å². The van der Waals surface area contributed by atoms with E-state index in [2.05, 4.69) is 10.2 Å². The Hall–Kier alpha value is -1.58. The SMILES string of the molecule is CC.Cc1cnnc2c(F)cc(F)cc12. The minimum Gasteiger partial charge on any atom is -0.207 e. The maximum absolute atomic E-state index is 13.1. The average molecular weight is 210 g/mol. The second-order valence-corrected chi connectivity index (χ2v) is 2.81. The first-order chi connectivity index (χ1) is 7.18. The lowest BCUT2D eigenvalue weighted by atomic mass is 10.1. The van der Waals surface area contributed by atoms with Crippen LogP contribution in [0.2, 0.25) is 0 Å². The summed E-state index contributed by atoms with van der Waals surface area (Å²) in [5, 5.41) is 7.65. The zero-order chi connectivity index (χ0) is 11.4. The number of benzene rings is 1. The summed E-state index contributed by atoms with van der Waals surface area (Å²) in [4.78, 5) is 0. The topological polar surface area (TPSA) is 25.8 Å². The molecule has 1 heterocycles. The second-order valence-electron chi connectivity index (χ2n) is 2.81. The number of hydrogen-bond donors (Lipinski definition) is 0. The lowest BCUT2D eigenvalue weighted by molar-refractivity contribution is 0.589. The summed E-state index contributed by atoms with van der Waals surface area (Å²) in [6.07, 6.45) is 1.47. The number of rotatable bonds is 0. The molecule has 4 heteroatoms. The molecule has 0 saturated heterocycles. The summed E-state index contributed by atoms with van der Waals surface area (Å²) in [5.74, 6) is -1.27. The van der Waals surface area contributed by atoms with Gasteiger partial charge < -0.3 is 0 Å². The van der Waals surface area contributed by atoms with Gasteiger partial charge in [0.25, 0.3) is 0 Å². The van der Waals surface area contributed by atoms with Crippen molar-refractivity contribution in [1.82, 2.24) is 10.2 Å². The van der Waals surface area contributed by atoms with Gasteiger partial charge in [0.2, 0.25) is 0 Å². The fourth-order valence-electron chi connectivity index (χ4n) is 1.21. The van der Waals surface area contributed by atoms with E-state index in [1.54, 1.807) is 6.92 Å². The van der Waals surface area contributed by atoms with Gasteiger partial charge in [-0.25, -0.2) is 8.78 Å². The Balaban J connectivity index is 0.000000531. The molecule has 0 amide bonds. The molecule has 0 saturated carbocycles. The summed E-state index contributed by atoms with van der Waals surface area (Å²) in [6.45, 7) is 5.73. The maximum Gasteiger partial charge on any atom is 0.154 e. The Labute approximate surface area is 87.0 Å². The highest BCUT2D eigenvalue weighted by molar-refractivity contribution is 5.81. The third-order valence-corrected chi connectivity index (χ3v) is 1.86. The molecular formula is C11H12F2N2. The molecule has 80 valence electrons. The van der Waals surface area contributed by atoms with Gasteiger partial charge >= 0.3 is 0 Å². The number of hydrogen-bond acceptors (Lipinski definition) is 2. The van der Waals surface area contributed by atoms with E-state index in [1.165, 1.54) is 12.3 Å². The predicted octanol–water partition coefficient (Wildman–Crippen LogP) is 3.24. The zero-order valence-electron chi connectivity index (χ0n) is 8.88. The molecule has 0 aliphatic heterocycles. The quantitative estimate of drug-likeness (QED) is 0.667. The number of aromatic nitrogens is 2. The van der Waals surface area contributed by atoms with Gasteiger partial charge in [-0.3, -0.25) is 0 Å². The molecule has 0 aliphatic carbocycles. The summed E-state index contributed by atoms with van der Waals surface area (Å²) < 4.78 is 25.9. The maximum atomic E-state index is 13.1. The molecule has 0 aliphatic rings. The molecule has 0 radical (unpaired) electrons. The van der Waals surface area contributed by atoms with Gasteiger partial charge in [0.15, 0.2) is 5.82 Å². The van der Waals surface area contributed by atoms with Gasteiger partial charge in [-0.15, -0.1) is 5.10 Å². The molecule has 15 heavy (non-hydrogen) atoms. The highest BCUT2D eigenvalue weighted by Crippen LogP contribution is 2.19. The molecule has 2 nitrogen and oxygen atoms in total. The second kappa shape index (κ2) is 4.77. The van der Waals surface area contributed by atoms with Crippen LogP contribution >= 0.6 is 0 Å². The molecule has 0 spiro atoms. The van der Waals surface area contributed by atoms with Gasteiger partial charge in [-0.1, -0.05) is 13.8 Å². The van der Waals surface area contributed by atoms with E-state index in [0.29, 0.717) is 10.9 Å². The molecule has 2 aromatic rings. The summed E-state index contributed by atoms with van der Waals surface area (Å²) >= 11 is 0. The molecule has 2 rings (SSSR count). The first-order valence-electron chi connectivity index (χ1n) is 4.75. The van der Waals surface area contributed by atoms with Crippen LogP contribution in [-0.2, 0) is 0 Å². The minimum absolute atomic E-state index is 0.112. The molecule has 0 unspecified atom stereocenters. The summed E-state index contributed by atoms with van der Waals surface area (Å²) in [6, 6.07) is 2.05. The van der Waals surface area contributed by atoms with Crippen LogP contribution in [0.4, 0.5) is 8.78 Å². The molecule has 1 aromatic heterocycles. The molecular weight excluding hydrogens is 198 g/mol. The lowest BCUT2D eigenvalue weighted by Gasteiger charge is -2.00. The van der Waals surface area contributed by atoms with Crippen molar-refractivity contribution >= 4 is 10.9 Å². The van der Waals surface area contributed by atoms with Crippen molar-refractivity contribution in [2.75, 3.05) is 0 Å². The van der Waals surface area contributed by atoms with E-state index in [1.807, 2.05) is 13.8 Å². The Bertz CT molecular complexity index is 469. The van der Waals surface area contributed by atoms with E-state index in [0.717, 1.165) is 6.07 Å². The van der Waals surface area contributed by atoms with E-state index < -0.39 is 11.6 Å². The van der Waals surface area contributed by atoms with Crippen molar-refractivity contribution in [3.63, 3.8) is 0 Å². The van der Waals surface area contributed by atoms with Gasteiger partial charge in [0.05, 0.1) is 6.20 Å². The normalized spacial score (nSPS) is 9.67. The van der Waals surface area contributed by atoms with Crippen LogP contribution < -0.4 is 0 Å². The Morgan fingerprint density at radius 1 is 1.13 bits per heavy atom. The van der Waals surface area contributed by atoms with Crippen molar-refractivity contribution < 1.29 is 8.78 Å². The number of nitrogens with zero attached hydrogens (tertiary/aromatic N) is 2. The standard InChI is InChI=1S/C9H6F2N2.C2H6/c1-5-4-12-13-9-7(5)2-6(10)3-8(9)11;1-2/h2-4H,1H3;1-2H3. The monoisotopic (exact) mass is 210 g/mol. The predicted molar refractivity (Wildman–Crippen MR) is 55.5 cm³/mol. The van der Waals surface area contributed by atoms with Crippen LogP contribution in [0.1, 0.15) is 19.4 Å². The largest absolute Gasteiger partial charge is 0.207 e. The fourth-order valence-corrected chi connectivity index (χ4v) is 1.21. The van der Waals surface area contributed by atoms with Crippen LogP contribution in [0.3, 0.4) is 0 Å². The van der Waals surface area contributed by atoms with E-state index in [9.17, 15) is 8.78 Å². The van der Waals surface area contributed by atoms with Gasteiger partial charge in [0, 0.05) is 11.5 Å². The summed E-state index contributed by atoms with van der Waals surface area (Å²) in [7, 11) is 0. The Morgan fingerprint density at radius 2 is 1.80 bits per heavy atom. The fraction of sp³-hybridized carbons (Fsp3) is 0.273. The van der Waals surface area contributed by atoms with Crippen molar-refractivity contribution in [2.24, 2.45) is 0 Å². The van der Waals surface area contributed by atoms with Crippen molar-refractivity contribution in [1.29, 1.82) is 0 Å². The zero-order valence-corrected chi connectivity index (χ0v) is 8.88. The number of aryl methyl sites for hydroxylation is 1. The molecule has 0 bridgehead atoms. The van der Waals surface area contributed by atoms with E-state index in [-0.39, 0.29) is 5.52 Å². The van der Waals surface area contributed by atoms with E-state index >= 15 is 0 Å². The highest BCUT2D eigenvalue weighted by atomic mass is 19.1. The van der Waals surface area contributed by atoms with Crippen molar-refractivity contribution in [3.05, 3.63) is 35.5 Å². The van der Waals surface area contributed by atoms with Gasteiger partial charge in [-0.05, 0) is 18.6 Å². The summed E-state index contributed by atoms with van der Waals surface area (Å²) in [5.41, 5.74) is 0.824. The Kier molecular flexibility index (Phi) is 3.66. The number of fused-ring (bicyclic) bond motifs is 1. The van der Waals surface area contributed by atoms with Crippen LogP contribution in [0.15, 0.2) is 18.3 Å². The first kappa shape index (κ1) is 11.5. The Morgan fingerprint density at radius 3 is 2.47 bits per heavy atom. The van der Waals surface area contributed by atoms with Gasteiger partial charge in [0.1, 0.15) is 11.3 Å². The molecule has 0 N–H and O–H groups in total. The first-order valence-corrected chi connectivity index (χ1v) is 4.75. The molecule has 0 fully saturated rings. The highest BCUT2D eigenvalue weighted by Gasteiger charge is 2.06. The van der Waals surface area contributed by atoms with Crippen LogP contribution in [0, 0.1) is 18.6 Å². The van der Waals surface area contributed by atoms with Crippen molar-refractivity contribution in [2.45, 2.75) is 20.8 Å². The third-order valence-electron chi connectivity index (χ3n) is 1.86. The van der Waals surface area contributed by atoms with Gasteiger partial charge in [-0.2, -0.15) is 5.10 Å².